The topological polar surface area (TPSA) is 74.2 Å². The second kappa shape index (κ2) is 7.74. The molecule has 0 atom stereocenters. The Morgan fingerprint density at radius 2 is 1.95 bits per heavy atom. The lowest BCUT2D eigenvalue weighted by molar-refractivity contribution is -0.0469. The predicted molar refractivity (Wildman–Crippen MR) is 77.3 cm³/mol. The van der Waals surface area contributed by atoms with Gasteiger partial charge in [-0.15, -0.1) is 0 Å². The van der Waals surface area contributed by atoms with Crippen LogP contribution in [0.1, 0.15) is 70.0 Å². The average molecular weight is 281 g/mol. The highest BCUT2D eigenvalue weighted by atomic mass is 16.5. The summed E-state index contributed by atoms with van der Waals surface area (Å²) in [7, 11) is 0. The molecule has 1 saturated carbocycles. The quantitative estimate of drug-likeness (QED) is 0.704. The molecule has 20 heavy (non-hydrogen) atoms. The summed E-state index contributed by atoms with van der Waals surface area (Å²) in [5, 5.41) is 4.17. The van der Waals surface area contributed by atoms with E-state index in [1.807, 2.05) is 6.92 Å². The summed E-state index contributed by atoms with van der Waals surface area (Å²) in [6.45, 7) is 3.50. The normalized spacial score (nSPS) is 17.7. The van der Waals surface area contributed by atoms with Crippen molar-refractivity contribution in [2.45, 2.75) is 70.3 Å². The summed E-state index contributed by atoms with van der Waals surface area (Å²) in [6.07, 6.45) is 9.79. The molecule has 1 aliphatic rings. The van der Waals surface area contributed by atoms with Gasteiger partial charge in [0.2, 0.25) is 11.7 Å². The lowest BCUT2D eigenvalue weighted by atomic mass is 10.0. The molecule has 1 heterocycles. The number of unbranched alkanes of at least 4 members (excludes halogenated alkanes) is 3. The molecule has 5 heteroatoms. The van der Waals surface area contributed by atoms with Gasteiger partial charge in [-0.05, 0) is 52.0 Å². The third-order valence-electron chi connectivity index (χ3n) is 4.05. The number of hydrogen-bond acceptors (Lipinski definition) is 5. The number of hydrogen-bond donors (Lipinski definition) is 1. The van der Waals surface area contributed by atoms with E-state index >= 15 is 0 Å². The molecule has 2 N–H and O–H groups in total. The van der Waals surface area contributed by atoms with Crippen molar-refractivity contribution in [2.24, 2.45) is 5.73 Å². The molecule has 0 unspecified atom stereocenters. The molecule has 0 spiro atoms. The Labute approximate surface area is 121 Å². The van der Waals surface area contributed by atoms with Crippen LogP contribution in [0.3, 0.4) is 0 Å². The maximum absolute atomic E-state index is 5.95. The first-order valence-electron chi connectivity index (χ1n) is 7.98. The third kappa shape index (κ3) is 3.79. The Bertz CT molecular complexity index is 386. The summed E-state index contributed by atoms with van der Waals surface area (Å²) < 4.78 is 11.3. The van der Waals surface area contributed by atoms with Crippen molar-refractivity contribution in [1.29, 1.82) is 0 Å². The van der Waals surface area contributed by atoms with E-state index in [1.54, 1.807) is 0 Å². The van der Waals surface area contributed by atoms with Gasteiger partial charge in [-0.25, -0.2) is 0 Å². The van der Waals surface area contributed by atoms with Gasteiger partial charge >= 0.3 is 0 Å². The summed E-state index contributed by atoms with van der Waals surface area (Å²) in [6, 6.07) is 0. The molecule has 0 aromatic carbocycles. The van der Waals surface area contributed by atoms with Crippen molar-refractivity contribution in [1.82, 2.24) is 10.1 Å². The minimum absolute atomic E-state index is 0.282. The number of aryl methyl sites for hydroxylation is 1. The second-order valence-corrected chi connectivity index (χ2v) is 5.60. The molecule has 114 valence electrons. The molecule has 0 saturated heterocycles. The molecule has 1 aromatic heterocycles. The summed E-state index contributed by atoms with van der Waals surface area (Å²) in [5.74, 6) is 1.51. The van der Waals surface area contributed by atoms with E-state index in [4.69, 9.17) is 15.0 Å². The van der Waals surface area contributed by atoms with Crippen LogP contribution in [-0.2, 0) is 16.8 Å². The molecule has 1 aliphatic carbocycles. The minimum Gasteiger partial charge on any atom is -0.367 e. The fourth-order valence-corrected chi connectivity index (χ4v) is 2.97. The maximum Gasteiger partial charge on any atom is 0.226 e. The Morgan fingerprint density at radius 3 is 2.65 bits per heavy atom. The SMILES string of the molecule is CCOC1(c2noc(CCCCCCN)n2)CCCC1. The monoisotopic (exact) mass is 281 g/mol. The molecular weight excluding hydrogens is 254 g/mol. The predicted octanol–water partition coefficient (Wildman–Crippen LogP) is 2.94. The van der Waals surface area contributed by atoms with Crippen molar-refractivity contribution in [3.05, 3.63) is 11.7 Å². The zero-order valence-corrected chi connectivity index (χ0v) is 12.6. The zero-order valence-electron chi connectivity index (χ0n) is 12.6. The number of nitrogens with two attached hydrogens (primary N) is 1. The second-order valence-electron chi connectivity index (χ2n) is 5.60. The van der Waals surface area contributed by atoms with Gasteiger partial charge in [0.1, 0.15) is 5.60 Å². The van der Waals surface area contributed by atoms with Crippen LogP contribution < -0.4 is 5.73 Å². The fourth-order valence-electron chi connectivity index (χ4n) is 2.97. The maximum atomic E-state index is 5.95. The minimum atomic E-state index is -0.282. The van der Waals surface area contributed by atoms with E-state index < -0.39 is 0 Å². The van der Waals surface area contributed by atoms with Crippen molar-refractivity contribution in [3.8, 4) is 0 Å². The van der Waals surface area contributed by atoms with Gasteiger partial charge in [0, 0.05) is 13.0 Å². The Kier molecular flexibility index (Phi) is 5.98. The van der Waals surface area contributed by atoms with E-state index in [-0.39, 0.29) is 5.60 Å². The van der Waals surface area contributed by atoms with Gasteiger partial charge in [0.15, 0.2) is 0 Å². The van der Waals surface area contributed by atoms with Crippen LogP contribution in [-0.4, -0.2) is 23.3 Å². The van der Waals surface area contributed by atoms with Crippen LogP contribution in [0.2, 0.25) is 0 Å². The van der Waals surface area contributed by atoms with E-state index in [0.717, 1.165) is 50.4 Å². The molecule has 1 fully saturated rings. The molecule has 1 aromatic rings. The highest BCUT2D eigenvalue weighted by Gasteiger charge is 2.40. The Balaban J connectivity index is 1.87. The van der Waals surface area contributed by atoms with Crippen molar-refractivity contribution >= 4 is 0 Å². The van der Waals surface area contributed by atoms with Gasteiger partial charge in [-0.1, -0.05) is 18.0 Å². The van der Waals surface area contributed by atoms with Gasteiger partial charge in [0.05, 0.1) is 0 Å². The van der Waals surface area contributed by atoms with E-state index in [9.17, 15) is 0 Å². The highest BCUT2D eigenvalue weighted by molar-refractivity contribution is 5.04. The lowest BCUT2D eigenvalue weighted by Crippen LogP contribution is -2.27. The van der Waals surface area contributed by atoms with Crippen molar-refractivity contribution < 1.29 is 9.26 Å². The molecule has 0 radical (unpaired) electrons. The van der Waals surface area contributed by atoms with Gasteiger partial charge in [-0.3, -0.25) is 0 Å². The number of nitrogens with zero attached hydrogens (tertiary/aromatic N) is 2. The van der Waals surface area contributed by atoms with Crippen molar-refractivity contribution in [2.75, 3.05) is 13.2 Å². The standard InChI is InChI=1S/C15H27N3O2/c1-2-19-15(10-6-7-11-15)14-17-13(20-18-14)9-5-3-4-8-12-16/h2-12,16H2,1H3. The zero-order chi connectivity index (χ0) is 14.3. The highest BCUT2D eigenvalue weighted by Crippen LogP contribution is 2.40. The Hall–Kier alpha value is -0.940. The van der Waals surface area contributed by atoms with E-state index in [1.165, 1.54) is 25.7 Å². The van der Waals surface area contributed by atoms with Crippen molar-refractivity contribution in [3.63, 3.8) is 0 Å². The number of ether oxygens (including phenoxy) is 1. The molecule has 5 nitrogen and oxygen atoms in total. The number of rotatable bonds is 9. The first-order valence-corrected chi connectivity index (χ1v) is 7.98. The first-order chi connectivity index (χ1) is 9.80. The lowest BCUT2D eigenvalue weighted by Gasteiger charge is -2.24. The van der Waals surface area contributed by atoms with Gasteiger partial charge < -0.3 is 15.0 Å². The summed E-state index contributed by atoms with van der Waals surface area (Å²) in [4.78, 5) is 4.57. The summed E-state index contributed by atoms with van der Waals surface area (Å²) >= 11 is 0. The van der Waals surface area contributed by atoms with E-state index in [0.29, 0.717) is 6.61 Å². The smallest absolute Gasteiger partial charge is 0.226 e. The van der Waals surface area contributed by atoms with E-state index in [2.05, 4.69) is 10.1 Å². The molecule has 0 aliphatic heterocycles. The fraction of sp³-hybridized carbons (Fsp3) is 0.867. The van der Waals surface area contributed by atoms with Crippen LogP contribution >= 0.6 is 0 Å². The molecular formula is C15H27N3O2. The van der Waals surface area contributed by atoms with Crippen LogP contribution in [0.4, 0.5) is 0 Å². The van der Waals surface area contributed by atoms with Crippen LogP contribution in [0.15, 0.2) is 4.52 Å². The first kappa shape index (κ1) is 15.4. The van der Waals surface area contributed by atoms with Crippen LogP contribution in [0.25, 0.3) is 0 Å². The van der Waals surface area contributed by atoms with Gasteiger partial charge in [0.25, 0.3) is 0 Å². The third-order valence-corrected chi connectivity index (χ3v) is 4.05. The summed E-state index contributed by atoms with van der Waals surface area (Å²) in [5.41, 5.74) is 5.20. The largest absolute Gasteiger partial charge is 0.367 e. The molecule has 0 bridgehead atoms. The number of aromatic nitrogens is 2. The van der Waals surface area contributed by atoms with Gasteiger partial charge in [-0.2, -0.15) is 4.98 Å². The Morgan fingerprint density at radius 1 is 1.20 bits per heavy atom. The van der Waals surface area contributed by atoms with Crippen LogP contribution in [0, 0.1) is 0 Å². The van der Waals surface area contributed by atoms with Crippen LogP contribution in [0.5, 0.6) is 0 Å². The molecule has 2 rings (SSSR count). The average Bonchev–Trinajstić information content (AvgIpc) is 3.09. The molecule has 0 amide bonds.